The van der Waals surface area contributed by atoms with Crippen molar-refractivity contribution in [3.63, 3.8) is 0 Å². The van der Waals surface area contributed by atoms with E-state index < -0.39 is 0 Å². The molecular weight excluding hydrogens is 264 g/mol. The maximum atomic E-state index is 12.0. The van der Waals surface area contributed by atoms with Gasteiger partial charge in [0, 0.05) is 31.0 Å². The van der Waals surface area contributed by atoms with Gasteiger partial charge in [0.1, 0.15) is 0 Å². The summed E-state index contributed by atoms with van der Waals surface area (Å²) in [6.07, 6.45) is 7.17. The largest absolute Gasteiger partial charge is 0.333 e. The summed E-state index contributed by atoms with van der Waals surface area (Å²) < 4.78 is 2.01. The molecule has 1 atom stereocenters. The lowest BCUT2D eigenvalue weighted by molar-refractivity contribution is -0.116. The minimum Gasteiger partial charge on any atom is -0.333 e. The first-order valence-corrected chi connectivity index (χ1v) is 7.35. The molecule has 2 heterocycles. The number of benzene rings is 1. The van der Waals surface area contributed by atoms with E-state index in [4.69, 9.17) is 0 Å². The fraction of sp³-hybridized carbons (Fsp3) is 0.375. The number of aromatic nitrogens is 2. The Labute approximate surface area is 124 Å². The highest BCUT2D eigenvalue weighted by molar-refractivity contribution is 5.90. The van der Waals surface area contributed by atoms with Crippen LogP contribution in [0.5, 0.6) is 0 Å². The van der Waals surface area contributed by atoms with E-state index in [1.54, 1.807) is 12.5 Å². The molecule has 2 aromatic rings. The van der Waals surface area contributed by atoms with Crippen LogP contribution in [0.3, 0.4) is 0 Å². The van der Waals surface area contributed by atoms with Crippen LogP contribution in [0.4, 0.5) is 5.69 Å². The summed E-state index contributed by atoms with van der Waals surface area (Å²) in [5, 5.41) is 6.28. The Morgan fingerprint density at radius 1 is 1.48 bits per heavy atom. The Hall–Kier alpha value is -2.14. The maximum absolute atomic E-state index is 12.0. The zero-order valence-electron chi connectivity index (χ0n) is 12.0. The number of nitrogens with zero attached hydrogens (tertiary/aromatic N) is 2. The van der Waals surface area contributed by atoms with Gasteiger partial charge in [-0.05, 0) is 43.1 Å². The number of nitrogens with one attached hydrogen (secondary N) is 2. The first kappa shape index (κ1) is 13.8. The third-order valence-corrected chi connectivity index (χ3v) is 3.77. The number of anilines is 1. The third-order valence-electron chi connectivity index (χ3n) is 3.77. The van der Waals surface area contributed by atoms with Crippen molar-refractivity contribution >= 4 is 11.6 Å². The van der Waals surface area contributed by atoms with Crippen LogP contribution in [-0.4, -0.2) is 28.5 Å². The molecule has 0 aliphatic carbocycles. The van der Waals surface area contributed by atoms with Crippen LogP contribution in [0.15, 0.2) is 43.0 Å². The minimum atomic E-state index is 0.100. The number of carbonyl (C=O) groups is 1. The molecule has 2 N–H and O–H groups in total. The van der Waals surface area contributed by atoms with E-state index in [0.29, 0.717) is 12.3 Å². The first-order chi connectivity index (χ1) is 10.3. The van der Waals surface area contributed by atoms with Crippen LogP contribution >= 0.6 is 0 Å². The fourth-order valence-corrected chi connectivity index (χ4v) is 2.70. The summed E-state index contributed by atoms with van der Waals surface area (Å²) >= 11 is 0. The molecule has 1 aromatic carbocycles. The standard InChI is InChI=1S/C16H20N4O/c21-16(9-13-4-5-17-10-13)19-15-3-1-2-14(8-15)11-20-7-6-18-12-20/h1-3,6-8,12-13,17H,4-5,9-11H2,(H,19,21). The summed E-state index contributed by atoms with van der Waals surface area (Å²) in [5.41, 5.74) is 2.01. The number of amides is 1. The van der Waals surface area contributed by atoms with Gasteiger partial charge in [-0.25, -0.2) is 4.98 Å². The minimum absolute atomic E-state index is 0.100. The van der Waals surface area contributed by atoms with Crippen molar-refractivity contribution < 1.29 is 4.79 Å². The Morgan fingerprint density at radius 3 is 3.19 bits per heavy atom. The number of imidazole rings is 1. The van der Waals surface area contributed by atoms with Crippen molar-refractivity contribution in [2.24, 2.45) is 5.92 Å². The normalized spacial score (nSPS) is 17.8. The van der Waals surface area contributed by atoms with Gasteiger partial charge in [-0.2, -0.15) is 0 Å². The van der Waals surface area contributed by atoms with Gasteiger partial charge in [0.15, 0.2) is 0 Å². The van der Waals surface area contributed by atoms with Crippen molar-refractivity contribution in [3.05, 3.63) is 48.5 Å². The van der Waals surface area contributed by atoms with E-state index in [9.17, 15) is 4.79 Å². The van der Waals surface area contributed by atoms with E-state index >= 15 is 0 Å². The molecule has 0 spiro atoms. The van der Waals surface area contributed by atoms with Gasteiger partial charge in [-0.3, -0.25) is 4.79 Å². The molecule has 5 nitrogen and oxygen atoms in total. The van der Waals surface area contributed by atoms with E-state index in [-0.39, 0.29) is 5.91 Å². The molecule has 1 aliphatic rings. The zero-order valence-corrected chi connectivity index (χ0v) is 12.0. The van der Waals surface area contributed by atoms with Gasteiger partial charge in [-0.15, -0.1) is 0 Å². The van der Waals surface area contributed by atoms with Gasteiger partial charge in [-0.1, -0.05) is 12.1 Å². The molecule has 1 fully saturated rings. The third kappa shape index (κ3) is 3.92. The van der Waals surface area contributed by atoms with Crippen molar-refractivity contribution in [2.75, 3.05) is 18.4 Å². The van der Waals surface area contributed by atoms with Crippen molar-refractivity contribution in [1.82, 2.24) is 14.9 Å². The molecule has 0 radical (unpaired) electrons. The molecule has 1 amide bonds. The molecule has 1 aliphatic heterocycles. The summed E-state index contributed by atoms with van der Waals surface area (Å²) in [6, 6.07) is 7.97. The second-order valence-corrected chi connectivity index (χ2v) is 5.55. The molecule has 3 rings (SSSR count). The number of rotatable bonds is 5. The monoisotopic (exact) mass is 284 g/mol. The van der Waals surface area contributed by atoms with Crippen LogP contribution in [0.1, 0.15) is 18.4 Å². The SMILES string of the molecule is O=C(CC1CCNC1)Nc1cccc(Cn2ccnc2)c1. The number of hydrogen-bond acceptors (Lipinski definition) is 3. The quantitative estimate of drug-likeness (QED) is 0.881. The molecule has 0 bridgehead atoms. The topological polar surface area (TPSA) is 59.0 Å². The fourth-order valence-electron chi connectivity index (χ4n) is 2.70. The number of carbonyl (C=O) groups excluding carboxylic acids is 1. The molecule has 21 heavy (non-hydrogen) atoms. The van der Waals surface area contributed by atoms with Gasteiger partial charge in [0.25, 0.3) is 0 Å². The van der Waals surface area contributed by atoms with E-state index in [1.165, 1.54) is 0 Å². The Morgan fingerprint density at radius 2 is 2.43 bits per heavy atom. The Bertz CT molecular complexity index is 588. The molecular formula is C16H20N4O. The smallest absolute Gasteiger partial charge is 0.224 e. The molecule has 1 unspecified atom stereocenters. The molecule has 5 heteroatoms. The predicted molar refractivity (Wildman–Crippen MR) is 82.0 cm³/mol. The highest BCUT2D eigenvalue weighted by Gasteiger charge is 2.17. The molecule has 0 saturated carbocycles. The summed E-state index contributed by atoms with van der Waals surface area (Å²) in [5.74, 6) is 0.572. The van der Waals surface area contributed by atoms with Crippen LogP contribution < -0.4 is 10.6 Å². The zero-order chi connectivity index (χ0) is 14.5. The highest BCUT2D eigenvalue weighted by Crippen LogP contribution is 2.16. The lowest BCUT2D eigenvalue weighted by Crippen LogP contribution is -2.18. The van der Waals surface area contributed by atoms with Gasteiger partial charge in [0.2, 0.25) is 5.91 Å². The second kappa shape index (κ2) is 6.54. The average molecular weight is 284 g/mol. The van der Waals surface area contributed by atoms with Crippen LogP contribution in [-0.2, 0) is 11.3 Å². The van der Waals surface area contributed by atoms with E-state index in [0.717, 1.165) is 37.3 Å². The molecule has 110 valence electrons. The Balaban J connectivity index is 1.58. The van der Waals surface area contributed by atoms with Gasteiger partial charge in [0.05, 0.1) is 6.33 Å². The highest BCUT2D eigenvalue weighted by atomic mass is 16.1. The Kier molecular flexibility index (Phi) is 4.31. The van der Waals surface area contributed by atoms with Crippen LogP contribution in [0.2, 0.25) is 0 Å². The predicted octanol–water partition coefficient (Wildman–Crippen LogP) is 1.87. The average Bonchev–Trinajstić information content (AvgIpc) is 3.12. The van der Waals surface area contributed by atoms with E-state index in [1.807, 2.05) is 29.0 Å². The van der Waals surface area contributed by atoms with Crippen molar-refractivity contribution in [1.29, 1.82) is 0 Å². The van der Waals surface area contributed by atoms with Gasteiger partial charge >= 0.3 is 0 Å². The second-order valence-electron chi connectivity index (χ2n) is 5.55. The first-order valence-electron chi connectivity index (χ1n) is 7.35. The van der Waals surface area contributed by atoms with Crippen molar-refractivity contribution in [3.8, 4) is 0 Å². The van der Waals surface area contributed by atoms with Crippen molar-refractivity contribution in [2.45, 2.75) is 19.4 Å². The molecule has 1 saturated heterocycles. The lowest BCUT2D eigenvalue weighted by Gasteiger charge is -2.10. The lowest BCUT2D eigenvalue weighted by atomic mass is 10.0. The number of hydrogen-bond donors (Lipinski definition) is 2. The summed E-state index contributed by atoms with van der Waals surface area (Å²) in [7, 11) is 0. The molecule has 1 aromatic heterocycles. The van der Waals surface area contributed by atoms with Crippen LogP contribution in [0.25, 0.3) is 0 Å². The van der Waals surface area contributed by atoms with E-state index in [2.05, 4.69) is 21.7 Å². The van der Waals surface area contributed by atoms with Gasteiger partial charge < -0.3 is 15.2 Å². The summed E-state index contributed by atoms with van der Waals surface area (Å²) in [4.78, 5) is 16.1. The summed E-state index contributed by atoms with van der Waals surface area (Å²) in [6.45, 7) is 2.74. The maximum Gasteiger partial charge on any atom is 0.224 e. The van der Waals surface area contributed by atoms with Crippen LogP contribution in [0, 0.1) is 5.92 Å².